The molecule has 206 valence electrons. The molecule has 0 radical (unpaired) electrons. The zero-order valence-corrected chi connectivity index (χ0v) is 24.1. The van der Waals surface area contributed by atoms with Crippen molar-refractivity contribution in [2.45, 2.75) is 0 Å². The van der Waals surface area contributed by atoms with E-state index in [0.29, 0.717) is 0 Å². The minimum Gasteiger partial charge on any atom is -0.255 e. The van der Waals surface area contributed by atoms with Gasteiger partial charge in [-0.2, -0.15) is 0 Å². The number of hydrogen-bond acceptors (Lipinski definition) is 2. The van der Waals surface area contributed by atoms with E-state index in [0.717, 1.165) is 38.8 Å². The minimum absolute atomic E-state index is 0.868. The average Bonchev–Trinajstić information content (AvgIpc) is 3.12. The summed E-state index contributed by atoms with van der Waals surface area (Å²) in [6.45, 7) is 0. The molecule has 0 fully saturated rings. The molecule has 0 N–H and O–H groups in total. The fraction of sp³-hybridized carbons (Fsp3) is 0. The third kappa shape index (κ3) is 4.83. The van der Waals surface area contributed by atoms with Crippen LogP contribution in [0.4, 0.5) is 0 Å². The molecule has 0 aliphatic heterocycles. The Labute approximate surface area is 257 Å². The second-order valence-electron chi connectivity index (χ2n) is 11.1. The number of fused-ring (bicyclic) bond motifs is 3. The molecule has 0 saturated carbocycles. The molecule has 0 amide bonds. The molecule has 2 heterocycles. The highest BCUT2D eigenvalue weighted by Crippen LogP contribution is 2.36. The number of nitrogens with zero attached hydrogens (tertiary/aromatic N) is 2. The second-order valence-corrected chi connectivity index (χ2v) is 11.1. The summed E-state index contributed by atoms with van der Waals surface area (Å²) in [5.41, 5.74) is 12.2. The molecule has 0 atom stereocenters. The molecule has 44 heavy (non-hydrogen) atoms. The Kier molecular flexibility index (Phi) is 6.51. The zero-order valence-electron chi connectivity index (χ0n) is 24.1. The number of para-hydroxylation sites is 1. The fourth-order valence-electron chi connectivity index (χ4n) is 6.11. The summed E-state index contributed by atoms with van der Waals surface area (Å²) >= 11 is 0. The molecular weight excluding hydrogens is 532 g/mol. The minimum atomic E-state index is 0.868. The maximum atomic E-state index is 5.09. The molecule has 0 unspecified atom stereocenters. The lowest BCUT2D eigenvalue weighted by Gasteiger charge is -2.13. The predicted octanol–water partition coefficient (Wildman–Crippen LogP) is 11.1. The lowest BCUT2D eigenvalue weighted by Crippen LogP contribution is -1.92. The van der Waals surface area contributed by atoms with Gasteiger partial charge in [-0.15, -0.1) is 0 Å². The molecule has 0 aliphatic rings. The van der Waals surface area contributed by atoms with Crippen LogP contribution in [-0.2, 0) is 0 Å². The van der Waals surface area contributed by atoms with E-state index in [1.807, 2.05) is 12.3 Å². The quantitative estimate of drug-likeness (QED) is 0.196. The largest absolute Gasteiger partial charge is 0.255 e. The van der Waals surface area contributed by atoms with Gasteiger partial charge in [-0.1, -0.05) is 121 Å². The van der Waals surface area contributed by atoms with Crippen LogP contribution in [0.3, 0.4) is 0 Å². The lowest BCUT2D eigenvalue weighted by molar-refractivity contribution is 1.29. The lowest BCUT2D eigenvalue weighted by atomic mass is 9.92. The molecule has 6 aromatic carbocycles. The number of benzene rings is 6. The van der Waals surface area contributed by atoms with Crippen LogP contribution in [0.1, 0.15) is 0 Å². The normalized spacial score (nSPS) is 11.2. The Balaban J connectivity index is 1.24. The van der Waals surface area contributed by atoms with Gasteiger partial charge in [-0.3, -0.25) is 4.98 Å². The summed E-state index contributed by atoms with van der Waals surface area (Å²) < 4.78 is 0. The van der Waals surface area contributed by atoms with E-state index in [9.17, 15) is 0 Å². The molecular formula is C42H28N2. The molecule has 2 aromatic heterocycles. The van der Waals surface area contributed by atoms with Crippen molar-refractivity contribution in [2.75, 3.05) is 0 Å². The first-order valence-corrected chi connectivity index (χ1v) is 14.9. The third-order valence-corrected chi connectivity index (χ3v) is 8.29. The Bertz CT molecular complexity index is 2210. The third-order valence-electron chi connectivity index (χ3n) is 8.29. The van der Waals surface area contributed by atoms with Gasteiger partial charge >= 0.3 is 0 Å². The molecule has 8 rings (SSSR count). The predicted molar refractivity (Wildman–Crippen MR) is 184 cm³/mol. The van der Waals surface area contributed by atoms with Gasteiger partial charge in [0.1, 0.15) is 0 Å². The molecule has 0 bridgehead atoms. The number of rotatable bonds is 5. The van der Waals surface area contributed by atoms with Gasteiger partial charge in [-0.25, -0.2) is 4.98 Å². The summed E-state index contributed by atoms with van der Waals surface area (Å²) in [5.74, 6) is 0. The topological polar surface area (TPSA) is 25.8 Å². The number of pyridine rings is 2. The van der Waals surface area contributed by atoms with Crippen molar-refractivity contribution in [3.8, 4) is 55.9 Å². The van der Waals surface area contributed by atoms with Gasteiger partial charge in [0.05, 0.1) is 16.9 Å². The monoisotopic (exact) mass is 560 g/mol. The molecule has 2 nitrogen and oxygen atoms in total. The van der Waals surface area contributed by atoms with Gasteiger partial charge in [0.15, 0.2) is 0 Å². The van der Waals surface area contributed by atoms with Crippen LogP contribution >= 0.6 is 0 Å². The zero-order chi connectivity index (χ0) is 29.3. The highest BCUT2D eigenvalue weighted by Gasteiger charge is 2.13. The van der Waals surface area contributed by atoms with Crippen LogP contribution < -0.4 is 0 Å². The van der Waals surface area contributed by atoms with Crippen molar-refractivity contribution in [1.29, 1.82) is 0 Å². The van der Waals surface area contributed by atoms with Crippen LogP contribution in [0.2, 0.25) is 0 Å². The van der Waals surface area contributed by atoms with Crippen LogP contribution in [0.25, 0.3) is 77.6 Å². The summed E-state index contributed by atoms with van der Waals surface area (Å²) in [4.78, 5) is 9.89. The van der Waals surface area contributed by atoms with Crippen LogP contribution in [0, 0.1) is 0 Å². The molecule has 0 aliphatic carbocycles. The molecule has 0 spiro atoms. The van der Waals surface area contributed by atoms with E-state index in [1.165, 1.54) is 38.8 Å². The summed E-state index contributed by atoms with van der Waals surface area (Å²) in [5, 5.41) is 3.45. The van der Waals surface area contributed by atoms with Gasteiger partial charge in [0.25, 0.3) is 0 Å². The van der Waals surface area contributed by atoms with E-state index < -0.39 is 0 Å². The van der Waals surface area contributed by atoms with Gasteiger partial charge in [0, 0.05) is 17.0 Å². The van der Waals surface area contributed by atoms with Crippen molar-refractivity contribution in [3.63, 3.8) is 0 Å². The van der Waals surface area contributed by atoms with Gasteiger partial charge < -0.3 is 0 Å². The van der Waals surface area contributed by atoms with E-state index in [-0.39, 0.29) is 0 Å². The van der Waals surface area contributed by atoms with E-state index >= 15 is 0 Å². The Morgan fingerprint density at radius 2 is 0.795 bits per heavy atom. The summed E-state index contributed by atoms with van der Waals surface area (Å²) in [6.07, 6.45) is 1.90. The van der Waals surface area contributed by atoms with Crippen LogP contribution in [0.15, 0.2) is 170 Å². The first-order valence-electron chi connectivity index (χ1n) is 14.9. The van der Waals surface area contributed by atoms with Gasteiger partial charge in [0.2, 0.25) is 0 Å². The highest BCUT2D eigenvalue weighted by atomic mass is 14.8. The number of aromatic nitrogens is 2. The molecule has 0 saturated heterocycles. The smallest absolute Gasteiger partial charge is 0.0972 e. The van der Waals surface area contributed by atoms with Gasteiger partial charge in [-0.05, 0) is 92.4 Å². The van der Waals surface area contributed by atoms with E-state index in [4.69, 9.17) is 9.97 Å². The molecule has 2 heteroatoms. The summed E-state index contributed by atoms with van der Waals surface area (Å²) in [6, 6.07) is 57.9. The first kappa shape index (κ1) is 25.8. The maximum Gasteiger partial charge on any atom is 0.0972 e. The van der Waals surface area contributed by atoms with Crippen molar-refractivity contribution in [3.05, 3.63) is 170 Å². The SMILES string of the molecule is c1ccc(-c2cc(-c3ccccc3)cc(-c3cccc(-c4ccnc(-c5nc6ccccc6c6ccccc56)c4)c3)c2)cc1. The van der Waals surface area contributed by atoms with E-state index in [1.54, 1.807) is 0 Å². The van der Waals surface area contributed by atoms with Crippen LogP contribution in [-0.4, -0.2) is 9.97 Å². The first-order chi connectivity index (χ1) is 21.8. The van der Waals surface area contributed by atoms with Crippen molar-refractivity contribution in [1.82, 2.24) is 9.97 Å². The highest BCUT2D eigenvalue weighted by molar-refractivity contribution is 6.10. The number of hydrogen-bond donors (Lipinski definition) is 0. The second kappa shape index (κ2) is 11.1. The fourth-order valence-corrected chi connectivity index (χ4v) is 6.11. The van der Waals surface area contributed by atoms with Crippen molar-refractivity contribution >= 4 is 21.7 Å². The average molecular weight is 561 g/mol. The van der Waals surface area contributed by atoms with E-state index in [2.05, 4.69) is 158 Å². The van der Waals surface area contributed by atoms with Crippen molar-refractivity contribution in [2.24, 2.45) is 0 Å². The standard InChI is InChI=1S/C42H28N2/c1-3-12-29(13-4-1)34-25-35(30-14-5-2-6-15-30)27-36(26-34)32-17-11-16-31(24-32)33-22-23-43-41(28-33)42-39-20-8-7-18-37(39)38-19-9-10-21-40(38)44-42/h1-28H. The Hall–Kier alpha value is -5.86. The maximum absolute atomic E-state index is 5.09. The van der Waals surface area contributed by atoms with Crippen LogP contribution in [0.5, 0.6) is 0 Å². The van der Waals surface area contributed by atoms with Crippen molar-refractivity contribution < 1.29 is 0 Å². The summed E-state index contributed by atoms with van der Waals surface area (Å²) in [7, 11) is 0. The Morgan fingerprint density at radius 1 is 0.318 bits per heavy atom. The Morgan fingerprint density at radius 3 is 1.48 bits per heavy atom. The molecule has 8 aromatic rings.